The van der Waals surface area contributed by atoms with Crippen molar-refractivity contribution >= 4 is 11.9 Å². The summed E-state index contributed by atoms with van der Waals surface area (Å²) in [6, 6.07) is -1.06. The van der Waals surface area contributed by atoms with E-state index in [4.69, 9.17) is 4.74 Å². The second-order valence-corrected chi connectivity index (χ2v) is 5.35. The monoisotopic (exact) mass is 258 g/mol. The van der Waals surface area contributed by atoms with Gasteiger partial charge in [-0.05, 0) is 27.2 Å². The van der Waals surface area contributed by atoms with E-state index in [1.165, 1.54) is 4.90 Å². The highest BCUT2D eigenvalue weighted by atomic mass is 16.6. The van der Waals surface area contributed by atoms with Crippen LogP contribution in [0.2, 0.25) is 0 Å². The van der Waals surface area contributed by atoms with Gasteiger partial charge in [-0.2, -0.15) is 0 Å². The van der Waals surface area contributed by atoms with Crippen molar-refractivity contribution in [3.63, 3.8) is 0 Å². The topological polar surface area (TPSA) is 78.9 Å². The van der Waals surface area contributed by atoms with Crippen LogP contribution in [-0.4, -0.2) is 52.8 Å². The fraction of sp³-hybridized carbons (Fsp3) is 0.833. The number of aliphatic hydroxyl groups is 1. The Morgan fingerprint density at radius 1 is 1.61 bits per heavy atom. The number of carbonyl (C=O) groups excluding carboxylic acids is 2. The fourth-order valence-electron chi connectivity index (χ4n) is 1.84. The van der Waals surface area contributed by atoms with E-state index < -0.39 is 29.7 Å². The molecule has 0 aliphatic carbocycles. The predicted octanol–water partition coefficient (Wildman–Crippen LogP) is -0.143. The Morgan fingerprint density at radius 3 is 2.72 bits per heavy atom. The first-order valence-corrected chi connectivity index (χ1v) is 6.20. The number of hydrogen-bond acceptors (Lipinski definition) is 5. The molecule has 0 saturated carbocycles. The van der Waals surface area contributed by atoms with Crippen LogP contribution in [0.3, 0.4) is 0 Å². The third-order valence-corrected chi connectivity index (χ3v) is 2.63. The van der Waals surface area contributed by atoms with Crippen molar-refractivity contribution in [3.8, 4) is 0 Å². The van der Waals surface area contributed by atoms with E-state index in [-0.39, 0.29) is 0 Å². The van der Waals surface area contributed by atoms with Crippen LogP contribution in [0, 0.1) is 0 Å². The van der Waals surface area contributed by atoms with Gasteiger partial charge in [0.1, 0.15) is 11.8 Å². The lowest BCUT2D eigenvalue weighted by atomic mass is 10.1. The zero-order valence-electron chi connectivity index (χ0n) is 11.4. The van der Waals surface area contributed by atoms with E-state index in [0.29, 0.717) is 19.5 Å². The average Bonchev–Trinajstić information content (AvgIpc) is 2.25. The Hall–Kier alpha value is -1.14. The SMILES string of the molecule is CCC(O)N1CCNC(=O)C1C(=O)OC(C)(C)C. The quantitative estimate of drug-likeness (QED) is 0.544. The van der Waals surface area contributed by atoms with Gasteiger partial charge in [-0.15, -0.1) is 0 Å². The lowest BCUT2D eigenvalue weighted by molar-refractivity contribution is -0.171. The maximum absolute atomic E-state index is 12.0. The smallest absolute Gasteiger partial charge is 0.333 e. The van der Waals surface area contributed by atoms with Crippen LogP contribution in [-0.2, 0) is 14.3 Å². The molecule has 0 bridgehead atoms. The van der Waals surface area contributed by atoms with E-state index in [0.717, 1.165) is 0 Å². The van der Waals surface area contributed by atoms with Gasteiger partial charge < -0.3 is 15.2 Å². The molecule has 0 spiro atoms. The second kappa shape index (κ2) is 5.67. The molecule has 0 aromatic carbocycles. The molecule has 1 saturated heterocycles. The molecule has 104 valence electrons. The minimum Gasteiger partial charge on any atom is -0.458 e. The van der Waals surface area contributed by atoms with Crippen LogP contribution in [0.5, 0.6) is 0 Å². The predicted molar refractivity (Wildman–Crippen MR) is 65.6 cm³/mol. The van der Waals surface area contributed by atoms with E-state index in [2.05, 4.69) is 5.32 Å². The Labute approximate surface area is 107 Å². The summed E-state index contributed by atoms with van der Waals surface area (Å²) < 4.78 is 5.22. The standard InChI is InChI=1S/C12H22N2O4/c1-5-8(15)14-7-6-13-10(16)9(14)11(17)18-12(2,3)4/h8-9,15H,5-7H2,1-4H3,(H,13,16). The molecule has 2 atom stereocenters. The molecule has 1 fully saturated rings. The summed E-state index contributed by atoms with van der Waals surface area (Å²) in [5.74, 6) is -1.03. The van der Waals surface area contributed by atoms with E-state index in [9.17, 15) is 14.7 Å². The first kappa shape index (κ1) is 14.9. The van der Waals surface area contributed by atoms with Crippen molar-refractivity contribution in [1.82, 2.24) is 10.2 Å². The van der Waals surface area contributed by atoms with Gasteiger partial charge in [0.05, 0.1) is 0 Å². The second-order valence-electron chi connectivity index (χ2n) is 5.35. The number of nitrogens with one attached hydrogen (secondary N) is 1. The zero-order valence-corrected chi connectivity index (χ0v) is 11.4. The van der Waals surface area contributed by atoms with Crippen LogP contribution >= 0.6 is 0 Å². The molecule has 1 rings (SSSR count). The molecular weight excluding hydrogens is 236 g/mol. The first-order chi connectivity index (χ1) is 8.26. The third-order valence-electron chi connectivity index (χ3n) is 2.63. The maximum Gasteiger partial charge on any atom is 0.333 e. The molecule has 6 heteroatoms. The maximum atomic E-state index is 12.0. The number of esters is 1. The minimum atomic E-state index is -1.06. The van der Waals surface area contributed by atoms with Crippen molar-refractivity contribution < 1.29 is 19.4 Å². The van der Waals surface area contributed by atoms with Crippen molar-refractivity contribution in [2.24, 2.45) is 0 Å². The van der Waals surface area contributed by atoms with E-state index in [1.807, 2.05) is 0 Å². The van der Waals surface area contributed by atoms with E-state index >= 15 is 0 Å². The van der Waals surface area contributed by atoms with Crippen molar-refractivity contribution in [2.45, 2.75) is 52.0 Å². The molecular formula is C12H22N2O4. The normalized spacial score (nSPS) is 23.4. The van der Waals surface area contributed by atoms with Crippen LogP contribution in [0.25, 0.3) is 0 Å². The van der Waals surface area contributed by atoms with Gasteiger partial charge in [-0.3, -0.25) is 9.69 Å². The summed E-state index contributed by atoms with van der Waals surface area (Å²) in [5, 5.41) is 12.5. The van der Waals surface area contributed by atoms with Crippen LogP contribution < -0.4 is 5.32 Å². The largest absolute Gasteiger partial charge is 0.458 e. The molecule has 18 heavy (non-hydrogen) atoms. The summed E-state index contributed by atoms with van der Waals surface area (Å²) >= 11 is 0. The van der Waals surface area contributed by atoms with Gasteiger partial charge >= 0.3 is 5.97 Å². The van der Waals surface area contributed by atoms with Crippen molar-refractivity contribution in [3.05, 3.63) is 0 Å². The number of hydrogen-bond donors (Lipinski definition) is 2. The number of piperazine rings is 1. The number of aliphatic hydroxyl groups excluding tert-OH is 1. The molecule has 1 aliphatic heterocycles. The van der Waals surface area contributed by atoms with Crippen molar-refractivity contribution in [2.75, 3.05) is 13.1 Å². The summed E-state index contributed by atoms with van der Waals surface area (Å²) in [7, 11) is 0. The Bertz CT molecular complexity index is 325. The lowest BCUT2D eigenvalue weighted by Crippen LogP contribution is -2.62. The first-order valence-electron chi connectivity index (χ1n) is 6.20. The molecule has 6 nitrogen and oxygen atoms in total. The fourth-order valence-corrected chi connectivity index (χ4v) is 1.84. The van der Waals surface area contributed by atoms with Crippen molar-refractivity contribution in [1.29, 1.82) is 0 Å². The Balaban J connectivity index is 2.84. The van der Waals surface area contributed by atoms with Gasteiger partial charge in [-0.25, -0.2) is 4.79 Å². The highest BCUT2D eigenvalue weighted by Gasteiger charge is 2.40. The molecule has 2 N–H and O–H groups in total. The van der Waals surface area contributed by atoms with Gasteiger partial charge in [0.25, 0.3) is 0 Å². The molecule has 1 amide bonds. The number of amides is 1. The molecule has 0 radical (unpaired) electrons. The molecule has 1 aliphatic rings. The van der Waals surface area contributed by atoms with Crippen LogP contribution in [0.15, 0.2) is 0 Å². The number of ether oxygens (including phenoxy) is 1. The van der Waals surface area contributed by atoms with Crippen LogP contribution in [0.4, 0.5) is 0 Å². The van der Waals surface area contributed by atoms with Gasteiger partial charge in [0, 0.05) is 13.1 Å². The highest BCUT2D eigenvalue weighted by molar-refractivity contribution is 6.02. The number of rotatable bonds is 3. The van der Waals surface area contributed by atoms with Gasteiger partial charge in [0.15, 0.2) is 6.04 Å². The summed E-state index contributed by atoms with van der Waals surface area (Å²) in [6.45, 7) is 7.88. The Kier molecular flexibility index (Phi) is 4.70. The highest BCUT2D eigenvalue weighted by Crippen LogP contribution is 2.16. The molecule has 0 aromatic rings. The van der Waals surface area contributed by atoms with Gasteiger partial charge in [-0.1, -0.05) is 6.92 Å². The number of nitrogens with zero attached hydrogens (tertiary/aromatic N) is 1. The average molecular weight is 258 g/mol. The van der Waals surface area contributed by atoms with Crippen LogP contribution in [0.1, 0.15) is 34.1 Å². The number of carbonyl (C=O) groups is 2. The third kappa shape index (κ3) is 3.68. The molecule has 1 heterocycles. The van der Waals surface area contributed by atoms with E-state index in [1.54, 1.807) is 27.7 Å². The lowest BCUT2D eigenvalue weighted by Gasteiger charge is -2.37. The van der Waals surface area contributed by atoms with Gasteiger partial charge in [0.2, 0.25) is 5.91 Å². The molecule has 2 unspecified atom stereocenters. The summed E-state index contributed by atoms with van der Waals surface area (Å²) in [4.78, 5) is 25.3. The molecule has 0 aromatic heterocycles. The summed E-state index contributed by atoms with van der Waals surface area (Å²) in [6.07, 6.45) is -0.361. The summed E-state index contributed by atoms with van der Waals surface area (Å²) in [5.41, 5.74) is -0.655. The Morgan fingerprint density at radius 2 is 2.22 bits per heavy atom. The zero-order chi connectivity index (χ0) is 13.9. The minimum absolute atomic E-state index is 0.414.